The molecule has 0 bridgehead atoms. The zero-order valence-electron chi connectivity index (χ0n) is 15.1. The van der Waals surface area contributed by atoms with Crippen LogP contribution in [-0.4, -0.2) is 30.8 Å². The van der Waals surface area contributed by atoms with Crippen molar-refractivity contribution in [3.63, 3.8) is 0 Å². The first-order valence-electron chi connectivity index (χ1n) is 8.65. The Balaban J connectivity index is 1.53. The van der Waals surface area contributed by atoms with E-state index in [1.165, 1.54) is 16.5 Å². The Labute approximate surface area is 149 Å². The quantitative estimate of drug-likeness (QED) is 0.606. The van der Waals surface area contributed by atoms with Crippen LogP contribution < -0.4 is 14.8 Å². The molecule has 3 aromatic rings. The largest absolute Gasteiger partial charge is 0.493 e. The summed E-state index contributed by atoms with van der Waals surface area (Å²) in [7, 11) is 1.66. The molecule has 0 aliphatic carbocycles. The first-order valence-corrected chi connectivity index (χ1v) is 8.65. The van der Waals surface area contributed by atoms with Crippen molar-refractivity contribution in [2.45, 2.75) is 25.8 Å². The van der Waals surface area contributed by atoms with Crippen molar-refractivity contribution in [2.75, 3.05) is 20.3 Å². The molecule has 2 N–H and O–H groups in total. The molecule has 3 rings (SSSR count). The molecule has 0 spiro atoms. The number of methoxy groups -OCH3 is 1. The first-order chi connectivity index (χ1) is 12.1. The molecule has 4 heteroatoms. The van der Waals surface area contributed by atoms with Crippen molar-refractivity contribution >= 4 is 10.9 Å². The van der Waals surface area contributed by atoms with Crippen LogP contribution in [0, 0.1) is 0 Å². The van der Waals surface area contributed by atoms with Crippen molar-refractivity contribution in [3.05, 3.63) is 60.3 Å². The molecule has 0 unspecified atom stereocenters. The number of hydrogen-bond donors (Lipinski definition) is 2. The van der Waals surface area contributed by atoms with Gasteiger partial charge in [-0.15, -0.1) is 0 Å². The molecule has 0 saturated carbocycles. The van der Waals surface area contributed by atoms with E-state index in [0.29, 0.717) is 6.61 Å². The van der Waals surface area contributed by atoms with Crippen LogP contribution in [0.2, 0.25) is 0 Å². The number of H-pyrrole nitrogens is 1. The summed E-state index contributed by atoms with van der Waals surface area (Å²) in [6, 6.07) is 16.1. The fourth-order valence-electron chi connectivity index (χ4n) is 3.10. The molecule has 0 aliphatic heterocycles. The minimum absolute atomic E-state index is 0.0188. The van der Waals surface area contributed by atoms with Gasteiger partial charge in [-0.25, -0.2) is 0 Å². The van der Waals surface area contributed by atoms with Gasteiger partial charge in [0.1, 0.15) is 6.61 Å². The molecule has 0 atom stereocenters. The van der Waals surface area contributed by atoms with Gasteiger partial charge in [0.25, 0.3) is 0 Å². The Kier molecular flexibility index (Phi) is 5.29. The van der Waals surface area contributed by atoms with Crippen molar-refractivity contribution in [3.8, 4) is 11.5 Å². The second-order valence-electron chi connectivity index (χ2n) is 6.85. The predicted molar refractivity (Wildman–Crippen MR) is 103 cm³/mol. The van der Waals surface area contributed by atoms with Crippen molar-refractivity contribution in [1.82, 2.24) is 10.3 Å². The number of benzene rings is 2. The number of aromatic amines is 1. The van der Waals surface area contributed by atoms with Crippen LogP contribution in [0.5, 0.6) is 11.5 Å². The van der Waals surface area contributed by atoms with Gasteiger partial charge < -0.3 is 19.8 Å². The summed E-state index contributed by atoms with van der Waals surface area (Å²) in [5.74, 6) is 1.54. The number of rotatable bonds is 8. The third kappa shape index (κ3) is 4.34. The SMILES string of the molecule is COc1ccccc1OCCNC(C)(C)Cc1c[nH]c2ccccc12. The number of aromatic nitrogens is 1. The number of para-hydroxylation sites is 3. The lowest BCUT2D eigenvalue weighted by atomic mass is 9.94. The van der Waals surface area contributed by atoms with E-state index >= 15 is 0 Å². The van der Waals surface area contributed by atoms with Crippen molar-refractivity contribution in [2.24, 2.45) is 0 Å². The minimum Gasteiger partial charge on any atom is -0.493 e. The molecule has 0 fully saturated rings. The monoisotopic (exact) mass is 338 g/mol. The summed E-state index contributed by atoms with van der Waals surface area (Å²) < 4.78 is 11.1. The molecular formula is C21H26N2O2. The normalized spacial score (nSPS) is 11.6. The maximum atomic E-state index is 5.84. The smallest absolute Gasteiger partial charge is 0.161 e. The van der Waals surface area contributed by atoms with E-state index in [9.17, 15) is 0 Å². The molecule has 0 radical (unpaired) electrons. The van der Waals surface area contributed by atoms with Gasteiger partial charge in [0.2, 0.25) is 0 Å². The molecule has 4 nitrogen and oxygen atoms in total. The van der Waals surface area contributed by atoms with Gasteiger partial charge in [-0.2, -0.15) is 0 Å². The average Bonchev–Trinajstić information content (AvgIpc) is 3.01. The van der Waals surface area contributed by atoms with E-state index < -0.39 is 0 Å². The highest BCUT2D eigenvalue weighted by Gasteiger charge is 2.19. The van der Waals surface area contributed by atoms with Crippen LogP contribution in [0.4, 0.5) is 0 Å². The Morgan fingerprint density at radius 1 is 1.00 bits per heavy atom. The Morgan fingerprint density at radius 3 is 2.52 bits per heavy atom. The van der Waals surface area contributed by atoms with Crippen molar-refractivity contribution in [1.29, 1.82) is 0 Å². The first kappa shape index (κ1) is 17.4. The lowest BCUT2D eigenvalue weighted by molar-refractivity contribution is 0.270. The van der Waals surface area contributed by atoms with Crippen LogP contribution in [-0.2, 0) is 6.42 Å². The van der Waals surface area contributed by atoms with Gasteiger partial charge in [-0.3, -0.25) is 0 Å². The summed E-state index contributed by atoms with van der Waals surface area (Å²) in [6.45, 7) is 5.81. The maximum Gasteiger partial charge on any atom is 0.161 e. The van der Waals surface area contributed by atoms with Crippen LogP contribution in [0.1, 0.15) is 19.4 Å². The molecular weight excluding hydrogens is 312 g/mol. The van der Waals surface area contributed by atoms with E-state index in [2.05, 4.69) is 54.6 Å². The third-order valence-electron chi connectivity index (χ3n) is 4.34. The molecule has 132 valence electrons. The lowest BCUT2D eigenvalue weighted by Gasteiger charge is -2.26. The highest BCUT2D eigenvalue weighted by molar-refractivity contribution is 5.83. The minimum atomic E-state index is -0.0188. The fraction of sp³-hybridized carbons (Fsp3) is 0.333. The van der Waals surface area contributed by atoms with Crippen LogP contribution in [0.3, 0.4) is 0 Å². The van der Waals surface area contributed by atoms with E-state index in [1.807, 2.05) is 24.3 Å². The molecule has 1 aromatic heterocycles. The molecule has 1 heterocycles. The number of ether oxygens (including phenoxy) is 2. The summed E-state index contributed by atoms with van der Waals surface area (Å²) >= 11 is 0. The summed E-state index contributed by atoms with van der Waals surface area (Å²) in [4.78, 5) is 3.35. The molecule has 25 heavy (non-hydrogen) atoms. The van der Waals surface area contributed by atoms with E-state index in [1.54, 1.807) is 7.11 Å². The molecule has 0 aliphatic rings. The highest BCUT2D eigenvalue weighted by Crippen LogP contribution is 2.25. The second-order valence-corrected chi connectivity index (χ2v) is 6.85. The fourth-order valence-corrected chi connectivity index (χ4v) is 3.10. The standard InChI is InChI=1S/C21H26N2O2/c1-21(2,14-16-15-22-18-9-5-4-8-17(16)18)23-12-13-25-20-11-7-6-10-19(20)24-3/h4-11,15,22-23H,12-14H2,1-3H3. The van der Waals surface area contributed by atoms with Crippen molar-refractivity contribution < 1.29 is 9.47 Å². The Morgan fingerprint density at radius 2 is 1.72 bits per heavy atom. The topological polar surface area (TPSA) is 46.3 Å². The zero-order valence-corrected chi connectivity index (χ0v) is 15.1. The van der Waals surface area contributed by atoms with E-state index in [4.69, 9.17) is 9.47 Å². The second kappa shape index (κ2) is 7.62. The van der Waals surface area contributed by atoms with Gasteiger partial charge in [-0.05, 0) is 44.0 Å². The maximum absolute atomic E-state index is 5.84. The Hall–Kier alpha value is -2.46. The zero-order chi connectivity index (χ0) is 17.7. The van der Waals surface area contributed by atoms with Crippen LogP contribution in [0.15, 0.2) is 54.7 Å². The van der Waals surface area contributed by atoms with Crippen LogP contribution in [0.25, 0.3) is 10.9 Å². The van der Waals surface area contributed by atoms with Crippen LogP contribution >= 0.6 is 0 Å². The number of fused-ring (bicyclic) bond motifs is 1. The summed E-state index contributed by atoms with van der Waals surface area (Å²) in [5, 5.41) is 4.88. The van der Waals surface area contributed by atoms with Gasteiger partial charge >= 0.3 is 0 Å². The summed E-state index contributed by atoms with van der Waals surface area (Å²) in [5.41, 5.74) is 2.50. The van der Waals surface area contributed by atoms with Gasteiger partial charge in [0, 0.05) is 29.2 Å². The van der Waals surface area contributed by atoms with Gasteiger partial charge in [0.05, 0.1) is 7.11 Å². The molecule has 0 amide bonds. The average molecular weight is 338 g/mol. The summed E-state index contributed by atoms with van der Waals surface area (Å²) in [6.07, 6.45) is 3.06. The van der Waals surface area contributed by atoms with E-state index in [-0.39, 0.29) is 5.54 Å². The Bertz CT molecular complexity index is 823. The number of hydrogen-bond acceptors (Lipinski definition) is 3. The molecule has 2 aromatic carbocycles. The lowest BCUT2D eigenvalue weighted by Crippen LogP contribution is -2.43. The van der Waals surface area contributed by atoms with Gasteiger partial charge in [-0.1, -0.05) is 30.3 Å². The third-order valence-corrected chi connectivity index (χ3v) is 4.34. The van der Waals surface area contributed by atoms with Gasteiger partial charge in [0.15, 0.2) is 11.5 Å². The predicted octanol–water partition coefficient (Wildman–Crippen LogP) is 4.17. The highest BCUT2D eigenvalue weighted by atomic mass is 16.5. The number of nitrogens with one attached hydrogen (secondary N) is 2. The molecule has 0 saturated heterocycles. The van der Waals surface area contributed by atoms with E-state index in [0.717, 1.165) is 24.5 Å².